The van der Waals surface area contributed by atoms with Gasteiger partial charge >= 0.3 is 0 Å². The largest absolute Gasteiger partial charge is 0.622 e. The zero-order valence-electron chi connectivity index (χ0n) is 15.7. The molecule has 0 spiro atoms. The van der Waals surface area contributed by atoms with Crippen LogP contribution in [0.4, 0.5) is 0 Å². The van der Waals surface area contributed by atoms with E-state index in [0.29, 0.717) is 0 Å². The predicted octanol–water partition coefficient (Wildman–Crippen LogP) is 4.53. The highest BCUT2D eigenvalue weighted by Gasteiger charge is 2.53. The van der Waals surface area contributed by atoms with Crippen LogP contribution in [0.2, 0.25) is 0 Å². The number of nitrogens with zero attached hydrogens (tertiary/aromatic N) is 2. The number of rotatable bonds is 3. The summed E-state index contributed by atoms with van der Waals surface area (Å²) in [5, 5.41) is 13.0. The van der Waals surface area contributed by atoms with Gasteiger partial charge in [0.15, 0.2) is 0 Å². The van der Waals surface area contributed by atoms with Crippen LogP contribution in [-0.4, -0.2) is 33.6 Å². The molecule has 130 valence electrons. The van der Waals surface area contributed by atoms with Crippen molar-refractivity contribution >= 4 is 11.3 Å². The maximum Gasteiger partial charge on any atom is 0.224 e. The third-order valence-electron chi connectivity index (χ3n) is 5.45. The van der Waals surface area contributed by atoms with E-state index >= 15 is 0 Å². The average molecular weight is 334 g/mol. The molecule has 0 N–H and O–H groups in total. The molecule has 1 heterocycles. The fourth-order valence-corrected chi connectivity index (χ4v) is 3.48. The number of hydroxylamine groups is 1. The van der Waals surface area contributed by atoms with E-state index in [-0.39, 0.29) is 5.54 Å². The zero-order valence-corrected chi connectivity index (χ0v) is 15.7. The van der Waals surface area contributed by atoms with Gasteiger partial charge in [0.05, 0.1) is 0 Å². The van der Waals surface area contributed by atoms with Crippen LogP contribution in [0.25, 0.3) is 5.57 Å². The summed E-state index contributed by atoms with van der Waals surface area (Å²) in [6.07, 6.45) is 2.06. The second-order valence-corrected chi connectivity index (χ2v) is 7.58. The van der Waals surface area contributed by atoms with Crippen molar-refractivity contribution in [1.82, 2.24) is 4.90 Å². The summed E-state index contributed by atoms with van der Waals surface area (Å²) in [5.74, 6) is 0. The minimum Gasteiger partial charge on any atom is -0.622 e. The minimum absolute atomic E-state index is 0.347. The molecule has 0 amide bonds. The van der Waals surface area contributed by atoms with Gasteiger partial charge in [-0.2, -0.15) is 4.74 Å². The molecule has 1 aliphatic heterocycles. The Morgan fingerprint density at radius 1 is 0.880 bits per heavy atom. The third kappa shape index (κ3) is 2.89. The Morgan fingerprint density at radius 3 is 1.68 bits per heavy atom. The van der Waals surface area contributed by atoms with Crippen LogP contribution in [0.1, 0.15) is 38.8 Å². The highest BCUT2D eigenvalue weighted by molar-refractivity contribution is 6.06. The van der Waals surface area contributed by atoms with E-state index in [1.165, 1.54) is 0 Å². The summed E-state index contributed by atoms with van der Waals surface area (Å²) in [6.45, 7) is 8.14. The van der Waals surface area contributed by atoms with Gasteiger partial charge in [0.25, 0.3) is 0 Å². The molecule has 0 fully saturated rings. The van der Waals surface area contributed by atoms with Gasteiger partial charge in [0.2, 0.25) is 11.4 Å². The van der Waals surface area contributed by atoms with Gasteiger partial charge in [0, 0.05) is 19.9 Å². The lowest BCUT2D eigenvalue weighted by Crippen LogP contribution is -2.50. The lowest BCUT2D eigenvalue weighted by atomic mass is 9.91. The molecule has 2 aromatic rings. The second kappa shape index (κ2) is 6.16. The van der Waals surface area contributed by atoms with Crippen LogP contribution in [0, 0.1) is 5.21 Å². The Hall–Kier alpha value is -2.39. The van der Waals surface area contributed by atoms with Crippen molar-refractivity contribution < 1.29 is 4.74 Å². The van der Waals surface area contributed by atoms with Gasteiger partial charge < -0.3 is 5.21 Å². The summed E-state index contributed by atoms with van der Waals surface area (Å²) in [5.41, 5.74) is 3.14. The Bertz CT molecular complexity index is 776. The predicted molar refractivity (Wildman–Crippen MR) is 105 cm³/mol. The highest BCUT2D eigenvalue weighted by atomic mass is 16.5. The Kier molecular flexibility index (Phi) is 4.29. The molecule has 3 nitrogen and oxygen atoms in total. The first kappa shape index (κ1) is 17.4. The van der Waals surface area contributed by atoms with Crippen LogP contribution in [0.5, 0.6) is 0 Å². The minimum atomic E-state index is -0.576. The van der Waals surface area contributed by atoms with Crippen molar-refractivity contribution in [3.05, 3.63) is 83.1 Å². The van der Waals surface area contributed by atoms with Gasteiger partial charge in [-0.3, -0.25) is 0 Å². The van der Waals surface area contributed by atoms with Crippen molar-refractivity contribution in [2.45, 2.75) is 38.9 Å². The fourth-order valence-electron chi connectivity index (χ4n) is 3.48. The molecule has 3 rings (SSSR count). The van der Waals surface area contributed by atoms with Gasteiger partial charge in [-0.05, 0) is 37.6 Å². The van der Waals surface area contributed by atoms with E-state index in [2.05, 4.69) is 49.1 Å². The van der Waals surface area contributed by atoms with Crippen LogP contribution >= 0.6 is 0 Å². The molecule has 2 aromatic carbocycles. The number of benzene rings is 2. The van der Waals surface area contributed by atoms with E-state index in [4.69, 9.17) is 0 Å². The summed E-state index contributed by atoms with van der Waals surface area (Å²) in [4.78, 5) is 2.13. The van der Waals surface area contributed by atoms with Crippen LogP contribution in [-0.2, 0) is 0 Å². The topological polar surface area (TPSA) is 29.3 Å². The Labute approximate surface area is 150 Å². The molecule has 0 bridgehead atoms. The van der Waals surface area contributed by atoms with Crippen LogP contribution in [0.15, 0.2) is 66.7 Å². The lowest BCUT2D eigenvalue weighted by molar-refractivity contribution is -0.556. The van der Waals surface area contributed by atoms with Crippen molar-refractivity contribution in [3.63, 3.8) is 0 Å². The lowest BCUT2D eigenvalue weighted by Gasteiger charge is -2.32. The highest BCUT2D eigenvalue weighted by Crippen LogP contribution is 2.35. The molecule has 0 atom stereocenters. The average Bonchev–Trinajstić information content (AvgIpc) is 2.72. The SMILES string of the molecule is CN1C(C)(C)C(C=C(c2ccccc2)c2ccccc2)=[N+]([O-])C1(C)C. The number of hydrogen-bond donors (Lipinski definition) is 0. The molecule has 3 heteroatoms. The first-order valence-electron chi connectivity index (χ1n) is 8.67. The van der Waals surface area contributed by atoms with Gasteiger partial charge in [0.1, 0.15) is 5.54 Å². The molecule has 0 saturated heterocycles. The second-order valence-electron chi connectivity index (χ2n) is 7.58. The van der Waals surface area contributed by atoms with E-state index in [9.17, 15) is 5.21 Å². The normalized spacial score (nSPS) is 19.1. The van der Waals surface area contributed by atoms with E-state index < -0.39 is 5.66 Å². The van der Waals surface area contributed by atoms with Gasteiger partial charge in [-0.25, -0.2) is 4.90 Å². The maximum absolute atomic E-state index is 13.0. The van der Waals surface area contributed by atoms with Crippen molar-refractivity contribution in [3.8, 4) is 0 Å². The zero-order chi connectivity index (χ0) is 18.2. The molecule has 0 aromatic heterocycles. The summed E-state index contributed by atoms with van der Waals surface area (Å²) in [7, 11) is 2.01. The Balaban J connectivity index is 2.22. The van der Waals surface area contributed by atoms with E-state index in [1.54, 1.807) is 0 Å². The molecular formula is C22H26N2O. The monoisotopic (exact) mass is 334 g/mol. The standard InChI is InChI=1S/C22H26N2O/c1-21(2)20(24(25)22(3,4)23(21)5)16-19(17-12-8-6-9-13-17)18-14-10-7-11-15-18/h6-16H,1-5H3. The smallest absolute Gasteiger partial charge is 0.224 e. The van der Waals surface area contributed by atoms with E-state index in [0.717, 1.165) is 27.2 Å². The molecule has 25 heavy (non-hydrogen) atoms. The quantitative estimate of drug-likeness (QED) is 0.609. The summed E-state index contributed by atoms with van der Waals surface area (Å²) >= 11 is 0. The van der Waals surface area contributed by atoms with Crippen molar-refractivity contribution in [2.75, 3.05) is 7.05 Å². The van der Waals surface area contributed by atoms with E-state index in [1.807, 2.05) is 57.3 Å². The van der Waals surface area contributed by atoms with Gasteiger partial charge in [-0.1, -0.05) is 60.7 Å². The van der Waals surface area contributed by atoms with Gasteiger partial charge in [-0.15, -0.1) is 0 Å². The van der Waals surface area contributed by atoms with Crippen LogP contribution < -0.4 is 0 Å². The van der Waals surface area contributed by atoms with Crippen LogP contribution in [0.3, 0.4) is 0 Å². The first-order chi connectivity index (χ1) is 11.8. The molecule has 1 aliphatic rings. The maximum atomic E-state index is 13.0. The molecule has 0 radical (unpaired) electrons. The molecule has 0 saturated carbocycles. The van der Waals surface area contributed by atoms with Crippen molar-refractivity contribution in [2.24, 2.45) is 0 Å². The molecule has 0 aliphatic carbocycles. The fraction of sp³-hybridized carbons (Fsp3) is 0.318. The summed E-state index contributed by atoms with van der Waals surface area (Å²) < 4.78 is 1.15. The Morgan fingerprint density at radius 2 is 1.32 bits per heavy atom. The first-order valence-corrected chi connectivity index (χ1v) is 8.67. The molecular weight excluding hydrogens is 308 g/mol. The van der Waals surface area contributed by atoms with Crippen molar-refractivity contribution in [1.29, 1.82) is 0 Å². The number of hydrogen-bond acceptors (Lipinski definition) is 2. The molecule has 0 unspecified atom stereocenters. The third-order valence-corrected chi connectivity index (χ3v) is 5.45. The summed E-state index contributed by atoms with van der Waals surface area (Å²) in [6, 6.07) is 20.5.